The van der Waals surface area contributed by atoms with E-state index >= 15 is 0 Å². The molecular weight excluding hydrogens is 482 g/mol. The van der Waals surface area contributed by atoms with Crippen LogP contribution in [0, 0.1) is 0 Å². The summed E-state index contributed by atoms with van der Waals surface area (Å²) in [5.74, 6) is 0.718. The lowest BCUT2D eigenvalue weighted by Gasteiger charge is -2.47. The van der Waals surface area contributed by atoms with Crippen molar-refractivity contribution in [3.63, 3.8) is 0 Å². The van der Waals surface area contributed by atoms with Crippen LogP contribution in [0.25, 0.3) is 22.0 Å². The van der Waals surface area contributed by atoms with Gasteiger partial charge in [-0.2, -0.15) is 5.10 Å². The molecule has 2 aliphatic rings. The number of nitrogens with zero attached hydrogens (tertiary/aromatic N) is 3. The Labute approximate surface area is 215 Å². The Hall–Kier alpha value is -2.97. The van der Waals surface area contributed by atoms with Crippen LogP contribution >= 0.6 is 11.6 Å². The number of fused-ring (bicyclic) bond motifs is 1. The molecule has 1 aliphatic carbocycles. The summed E-state index contributed by atoms with van der Waals surface area (Å²) in [6.07, 6.45) is 4.94. The minimum absolute atomic E-state index is 0.0287. The average molecular weight is 514 g/mol. The highest BCUT2D eigenvalue weighted by atomic mass is 35.5. The van der Waals surface area contributed by atoms with Crippen LogP contribution in [-0.4, -0.2) is 55.3 Å². The summed E-state index contributed by atoms with van der Waals surface area (Å²) in [6, 6.07) is 9.05. The van der Waals surface area contributed by atoms with Crippen molar-refractivity contribution in [2.45, 2.75) is 76.8 Å². The fourth-order valence-electron chi connectivity index (χ4n) is 5.23. The number of hydrogen-bond acceptors (Lipinski definition) is 5. The van der Waals surface area contributed by atoms with Gasteiger partial charge in [0.15, 0.2) is 6.23 Å². The number of phenols is 1. The van der Waals surface area contributed by atoms with Gasteiger partial charge in [0.05, 0.1) is 22.1 Å². The number of rotatable bonds is 5. The first kappa shape index (κ1) is 24.7. The zero-order valence-electron chi connectivity index (χ0n) is 20.8. The highest BCUT2D eigenvalue weighted by molar-refractivity contribution is 6.32. The van der Waals surface area contributed by atoms with Gasteiger partial charge >= 0.3 is 6.09 Å². The van der Waals surface area contributed by atoms with Crippen molar-refractivity contribution in [1.29, 1.82) is 0 Å². The Bertz CT molecular complexity index is 1270. The van der Waals surface area contributed by atoms with Gasteiger partial charge in [-0.25, -0.2) is 9.48 Å². The minimum Gasteiger partial charge on any atom is -0.506 e. The molecule has 2 N–H and O–H groups in total. The molecule has 1 saturated carbocycles. The zero-order valence-corrected chi connectivity index (χ0v) is 21.5. The van der Waals surface area contributed by atoms with Crippen molar-refractivity contribution < 1.29 is 24.5 Å². The number of halogens is 1. The van der Waals surface area contributed by atoms with Crippen molar-refractivity contribution in [3.8, 4) is 22.6 Å². The van der Waals surface area contributed by atoms with Crippen LogP contribution in [0.1, 0.15) is 59.1 Å². The van der Waals surface area contributed by atoms with Crippen molar-refractivity contribution in [3.05, 3.63) is 41.6 Å². The van der Waals surface area contributed by atoms with Gasteiger partial charge < -0.3 is 24.6 Å². The van der Waals surface area contributed by atoms with E-state index in [1.807, 2.05) is 49.8 Å². The standard InChI is InChI=1S/C27H32ClN3O5/c1-27(2,3)30(26(33)34)18-13-19(14-18)36-24-12-17(16-7-8-23(32)21(28)10-16)11-22-20(24)15-29-31(22)25-6-4-5-9-35-25/h7-8,10-12,15,18-19,25,32H,4-6,9,13-14H2,1-3H3,(H,33,34)/t18-,19-,25?. The van der Waals surface area contributed by atoms with E-state index in [2.05, 4.69) is 5.10 Å². The Balaban J connectivity index is 1.48. The van der Waals surface area contributed by atoms with Crippen LogP contribution in [0.5, 0.6) is 11.5 Å². The van der Waals surface area contributed by atoms with Crippen molar-refractivity contribution in [2.75, 3.05) is 6.61 Å². The average Bonchev–Trinajstić information content (AvgIpc) is 3.23. The Morgan fingerprint density at radius 2 is 1.97 bits per heavy atom. The predicted octanol–water partition coefficient (Wildman–Crippen LogP) is 6.45. The quantitative estimate of drug-likeness (QED) is 0.407. The molecule has 192 valence electrons. The Morgan fingerprint density at radius 1 is 1.19 bits per heavy atom. The third-order valence-corrected chi connectivity index (χ3v) is 7.35. The molecule has 3 aromatic rings. The van der Waals surface area contributed by atoms with Crippen LogP contribution in [0.3, 0.4) is 0 Å². The summed E-state index contributed by atoms with van der Waals surface area (Å²) in [7, 11) is 0. The fraction of sp³-hybridized carbons (Fsp3) is 0.481. The predicted molar refractivity (Wildman–Crippen MR) is 138 cm³/mol. The molecule has 1 aliphatic heterocycles. The number of aromatic hydroxyl groups is 1. The van der Waals surface area contributed by atoms with Gasteiger partial charge in [0.2, 0.25) is 0 Å². The maximum Gasteiger partial charge on any atom is 0.407 e. The van der Waals surface area contributed by atoms with E-state index in [0.29, 0.717) is 25.2 Å². The fourth-order valence-corrected chi connectivity index (χ4v) is 5.41. The van der Waals surface area contributed by atoms with Gasteiger partial charge in [0.25, 0.3) is 0 Å². The molecule has 2 fully saturated rings. The third-order valence-electron chi connectivity index (χ3n) is 7.05. The van der Waals surface area contributed by atoms with Gasteiger partial charge in [-0.15, -0.1) is 0 Å². The summed E-state index contributed by atoms with van der Waals surface area (Å²) < 4.78 is 14.4. The Kier molecular flexibility index (Phi) is 6.51. The number of carboxylic acid groups (broad SMARTS) is 1. The van der Waals surface area contributed by atoms with E-state index < -0.39 is 11.6 Å². The maximum absolute atomic E-state index is 11.9. The van der Waals surface area contributed by atoms with E-state index in [9.17, 15) is 15.0 Å². The first-order valence-corrected chi connectivity index (χ1v) is 12.8. The van der Waals surface area contributed by atoms with Gasteiger partial charge in [-0.3, -0.25) is 0 Å². The summed E-state index contributed by atoms with van der Waals surface area (Å²) in [4.78, 5) is 13.4. The molecule has 1 saturated heterocycles. The molecule has 1 unspecified atom stereocenters. The highest BCUT2D eigenvalue weighted by Gasteiger charge is 2.42. The molecule has 1 amide bonds. The number of aromatic nitrogens is 2. The highest BCUT2D eigenvalue weighted by Crippen LogP contribution is 2.40. The smallest absolute Gasteiger partial charge is 0.407 e. The van der Waals surface area contributed by atoms with Crippen molar-refractivity contribution in [1.82, 2.24) is 14.7 Å². The van der Waals surface area contributed by atoms with Crippen molar-refractivity contribution in [2.24, 2.45) is 0 Å². The lowest BCUT2D eigenvalue weighted by atomic mass is 9.85. The molecule has 1 atom stereocenters. The largest absolute Gasteiger partial charge is 0.506 e. The molecule has 5 rings (SSSR count). The number of benzene rings is 2. The van der Waals surface area contributed by atoms with Crippen LogP contribution in [0.4, 0.5) is 4.79 Å². The molecule has 0 spiro atoms. The maximum atomic E-state index is 11.9. The topological polar surface area (TPSA) is 97.1 Å². The van der Waals surface area contributed by atoms with E-state index in [-0.39, 0.29) is 29.1 Å². The second kappa shape index (κ2) is 9.48. The monoisotopic (exact) mass is 513 g/mol. The Morgan fingerprint density at radius 3 is 2.61 bits per heavy atom. The minimum atomic E-state index is -0.909. The summed E-state index contributed by atoms with van der Waals surface area (Å²) in [5.41, 5.74) is 2.15. The summed E-state index contributed by atoms with van der Waals surface area (Å²) in [5, 5.41) is 25.4. The number of carbonyl (C=O) groups is 1. The van der Waals surface area contributed by atoms with Gasteiger partial charge in [-0.1, -0.05) is 17.7 Å². The number of ether oxygens (including phenoxy) is 2. The van der Waals surface area contributed by atoms with E-state index in [1.165, 1.54) is 4.90 Å². The van der Waals surface area contributed by atoms with Gasteiger partial charge in [0.1, 0.15) is 17.6 Å². The summed E-state index contributed by atoms with van der Waals surface area (Å²) in [6.45, 7) is 6.44. The van der Waals surface area contributed by atoms with Crippen molar-refractivity contribution >= 4 is 28.6 Å². The molecule has 2 aromatic carbocycles. The first-order valence-electron chi connectivity index (χ1n) is 12.4. The lowest BCUT2D eigenvalue weighted by molar-refractivity contribution is -0.0366. The molecular formula is C27H32ClN3O5. The molecule has 36 heavy (non-hydrogen) atoms. The zero-order chi connectivity index (χ0) is 25.6. The lowest BCUT2D eigenvalue weighted by Crippen LogP contribution is -2.58. The van der Waals surface area contributed by atoms with E-state index in [0.717, 1.165) is 41.3 Å². The molecule has 2 heterocycles. The molecule has 0 bridgehead atoms. The number of phenolic OH excluding ortho intramolecular Hbond substituents is 1. The second-order valence-electron chi connectivity index (χ2n) is 10.7. The molecule has 9 heteroatoms. The number of hydrogen-bond donors (Lipinski definition) is 2. The van der Waals surface area contributed by atoms with E-state index in [4.69, 9.17) is 21.1 Å². The number of amides is 1. The van der Waals surface area contributed by atoms with Crippen LogP contribution in [0.15, 0.2) is 36.5 Å². The van der Waals surface area contributed by atoms with Crippen LogP contribution < -0.4 is 4.74 Å². The van der Waals surface area contributed by atoms with Crippen LogP contribution in [-0.2, 0) is 4.74 Å². The van der Waals surface area contributed by atoms with Gasteiger partial charge in [-0.05, 0) is 75.4 Å². The molecule has 0 radical (unpaired) electrons. The first-order chi connectivity index (χ1) is 17.1. The summed E-state index contributed by atoms with van der Waals surface area (Å²) >= 11 is 6.21. The second-order valence-corrected chi connectivity index (χ2v) is 11.1. The van der Waals surface area contributed by atoms with E-state index in [1.54, 1.807) is 12.1 Å². The molecule has 1 aromatic heterocycles. The van der Waals surface area contributed by atoms with Crippen LogP contribution in [0.2, 0.25) is 5.02 Å². The normalized spacial score (nSPS) is 22.3. The SMILES string of the molecule is CC(C)(C)N(C(=O)O)[C@H]1C[C@H](Oc2cc(-c3ccc(O)c(Cl)c3)cc3c2cnn3C2CCCCO2)C1. The van der Waals surface area contributed by atoms with Gasteiger partial charge in [0, 0.05) is 31.0 Å². The third kappa shape index (κ3) is 4.72. The molecule has 8 nitrogen and oxygen atoms in total.